The van der Waals surface area contributed by atoms with Gasteiger partial charge in [-0.1, -0.05) is 42.5 Å². The minimum absolute atomic E-state index is 0.116. The largest absolute Gasteiger partial charge is 0.489 e. The normalized spacial score (nSPS) is 15.5. The van der Waals surface area contributed by atoms with Crippen molar-refractivity contribution in [3.63, 3.8) is 0 Å². The minimum atomic E-state index is -0.358. The van der Waals surface area contributed by atoms with Crippen LogP contribution in [0.5, 0.6) is 5.75 Å². The van der Waals surface area contributed by atoms with Gasteiger partial charge < -0.3 is 15.4 Å². The first kappa shape index (κ1) is 17.1. The Labute approximate surface area is 157 Å². The number of carbonyl (C=O) groups excluding carboxylic acids is 1. The van der Waals surface area contributed by atoms with Crippen LogP contribution in [0.15, 0.2) is 66.7 Å². The highest BCUT2D eigenvalue weighted by Gasteiger charge is 2.25. The summed E-state index contributed by atoms with van der Waals surface area (Å²) in [7, 11) is 0. The number of aryl methyl sites for hydroxylation is 1. The first-order valence-electron chi connectivity index (χ1n) is 8.75. The number of amides is 1. The number of hydrogen-bond donors (Lipinski definition) is 2. The Morgan fingerprint density at radius 3 is 2.67 bits per heavy atom. The fourth-order valence-corrected chi connectivity index (χ4v) is 3.16. The maximum absolute atomic E-state index is 13.7. The lowest BCUT2D eigenvalue weighted by atomic mass is 10.0. The fourth-order valence-electron chi connectivity index (χ4n) is 3.16. The third kappa shape index (κ3) is 3.49. The molecule has 27 heavy (non-hydrogen) atoms. The average molecular weight is 362 g/mol. The van der Waals surface area contributed by atoms with Crippen molar-refractivity contribution in [3.05, 3.63) is 94.8 Å². The van der Waals surface area contributed by atoms with Crippen molar-refractivity contribution in [2.24, 2.45) is 0 Å². The van der Waals surface area contributed by atoms with Crippen molar-refractivity contribution >= 4 is 11.6 Å². The Kier molecular flexibility index (Phi) is 4.50. The summed E-state index contributed by atoms with van der Waals surface area (Å²) in [5.74, 6) is 0.208. The molecular formula is C22H19FN2O2. The molecule has 0 aliphatic carbocycles. The molecule has 0 radical (unpaired) electrons. The van der Waals surface area contributed by atoms with Gasteiger partial charge in [0.1, 0.15) is 24.3 Å². The summed E-state index contributed by atoms with van der Waals surface area (Å²) in [6.45, 7) is 2.11. The van der Waals surface area contributed by atoms with Crippen LogP contribution in [0.4, 0.5) is 10.1 Å². The number of anilines is 1. The maximum Gasteiger partial charge on any atom is 0.255 e. The summed E-state index contributed by atoms with van der Waals surface area (Å²) in [5.41, 5.74) is 3.85. The van der Waals surface area contributed by atoms with Crippen LogP contribution < -0.4 is 15.4 Å². The molecule has 4 rings (SSSR count). The average Bonchev–Trinajstić information content (AvgIpc) is 2.68. The van der Waals surface area contributed by atoms with E-state index in [0.717, 1.165) is 16.8 Å². The number of carbonyl (C=O) groups is 1. The molecule has 4 nitrogen and oxygen atoms in total. The zero-order valence-corrected chi connectivity index (χ0v) is 14.8. The van der Waals surface area contributed by atoms with Crippen LogP contribution in [-0.4, -0.2) is 5.91 Å². The molecule has 3 aromatic carbocycles. The van der Waals surface area contributed by atoms with Crippen molar-refractivity contribution in [2.75, 3.05) is 5.32 Å². The summed E-state index contributed by atoms with van der Waals surface area (Å²) >= 11 is 0. The maximum atomic E-state index is 13.7. The molecule has 0 saturated carbocycles. The van der Waals surface area contributed by atoms with E-state index < -0.39 is 0 Å². The van der Waals surface area contributed by atoms with Gasteiger partial charge in [-0.25, -0.2) is 4.39 Å². The van der Waals surface area contributed by atoms with Crippen LogP contribution in [0.2, 0.25) is 0 Å². The van der Waals surface area contributed by atoms with Crippen molar-refractivity contribution < 1.29 is 13.9 Å². The second kappa shape index (κ2) is 7.11. The Morgan fingerprint density at radius 1 is 1.00 bits per heavy atom. The number of ether oxygens (including phenoxy) is 1. The standard InChI is InChI=1S/C22H19FN2O2/c1-14-6-4-10-18-20(14)24-21(25-22(18)26)15-8-5-9-17(12-15)27-13-16-7-2-3-11-19(16)23/h2-12,21,24H,13H2,1H3,(H,25,26)/t21-/m0/s1. The van der Waals surface area contributed by atoms with Crippen LogP contribution in [0.1, 0.15) is 33.2 Å². The molecule has 0 bridgehead atoms. The molecule has 1 amide bonds. The molecule has 1 atom stereocenters. The topological polar surface area (TPSA) is 50.4 Å². The zero-order valence-electron chi connectivity index (χ0n) is 14.8. The third-order valence-electron chi connectivity index (χ3n) is 4.63. The van der Waals surface area contributed by atoms with Crippen molar-refractivity contribution in [1.82, 2.24) is 5.32 Å². The molecule has 0 saturated heterocycles. The molecule has 0 fully saturated rings. The molecule has 3 aromatic rings. The Bertz CT molecular complexity index is 1000. The quantitative estimate of drug-likeness (QED) is 0.715. The second-order valence-electron chi connectivity index (χ2n) is 6.50. The zero-order chi connectivity index (χ0) is 18.8. The second-order valence-corrected chi connectivity index (χ2v) is 6.50. The summed E-state index contributed by atoms with van der Waals surface area (Å²) in [4.78, 5) is 12.4. The first-order chi connectivity index (χ1) is 13.1. The Balaban J connectivity index is 1.54. The number of para-hydroxylation sites is 1. The number of fused-ring (bicyclic) bond motifs is 1. The monoisotopic (exact) mass is 362 g/mol. The van der Waals surface area contributed by atoms with Gasteiger partial charge in [-0.15, -0.1) is 0 Å². The molecule has 2 N–H and O–H groups in total. The van der Waals surface area contributed by atoms with Gasteiger partial charge in [-0.3, -0.25) is 4.79 Å². The van der Waals surface area contributed by atoms with Crippen LogP contribution in [0.25, 0.3) is 0 Å². The van der Waals surface area contributed by atoms with E-state index in [0.29, 0.717) is 16.9 Å². The van der Waals surface area contributed by atoms with E-state index in [1.807, 2.05) is 43.3 Å². The number of rotatable bonds is 4. The van der Waals surface area contributed by atoms with Crippen LogP contribution in [-0.2, 0) is 6.61 Å². The van der Waals surface area contributed by atoms with E-state index in [9.17, 15) is 9.18 Å². The lowest BCUT2D eigenvalue weighted by Gasteiger charge is -2.29. The molecule has 1 aliphatic rings. The van der Waals surface area contributed by atoms with Crippen LogP contribution in [0, 0.1) is 12.7 Å². The number of nitrogens with one attached hydrogen (secondary N) is 2. The van der Waals surface area contributed by atoms with E-state index in [1.54, 1.807) is 24.3 Å². The summed E-state index contributed by atoms with van der Waals surface area (Å²) in [5, 5.41) is 6.34. The number of hydrogen-bond acceptors (Lipinski definition) is 3. The van der Waals surface area contributed by atoms with Gasteiger partial charge in [-0.05, 0) is 42.3 Å². The number of halogens is 1. The van der Waals surface area contributed by atoms with E-state index >= 15 is 0 Å². The third-order valence-corrected chi connectivity index (χ3v) is 4.63. The van der Waals surface area contributed by atoms with Gasteiger partial charge in [0, 0.05) is 5.56 Å². The van der Waals surface area contributed by atoms with Gasteiger partial charge in [-0.2, -0.15) is 0 Å². The van der Waals surface area contributed by atoms with E-state index in [2.05, 4.69) is 10.6 Å². The summed E-state index contributed by atoms with van der Waals surface area (Å²) in [6, 6.07) is 19.6. The van der Waals surface area contributed by atoms with Crippen LogP contribution >= 0.6 is 0 Å². The van der Waals surface area contributed by atoms with Crippen molar-refractivity contribution in [3.8, 4) is 5.75 Å². The summed E-state index contributed by atoms with van der Waals surface area (Å²) < 4.78 is 19.5. The van der Waals surface area contributed by atoms with Gasteiger partial charge in [0.2, 0.25) is 0 Å². The lowest BCUT2D eigenvalue weighted by molar-refractivity contribution is 0.0935. The highest BCUT2D eigenvalue weighted by Crippen LogP contribution is 2.30. The van der Waals surface area contributed by atoms with Crippen molar-refractivity contribution in [2.45, 2.75) is 19.7 Å². The Morgan fingerprint density at radius 2 is 1.81 bits per heavy atom. The van der Waals surface area contributed by atoms with E-state index in [-0.39, 0.29) is 24.5 Å². The van der Waals surface area contributed by atoms with Crippen LogP contribution in [0.3, 0.4) is 0 Å². The highest BCUT2D eigenvalue weighted by atomic mass is 19.1. The molecular weight excluding hydrogens is 343 g/mol. The smallest absolute Gasteiger partial charge is 0.255 e. The first-order valence-corrected chi connectivity index (χ1v) is 8.75. The molecule has 1 heterocycles. The molecule has 0 unspecified atom stereocenters. The number of benzene rings is 3. The predicted molar refractivity (Wildman–Crippen MR) is 102 cm³/mol. The molecule has 1 aliphatic heterocycles. The Hall–Kier alpha value is -3.34. The summed E-state index contributed by atoms with van der Waals surface area (Å²) in [6.07, 6.45) is -0.358. The minimum Gasteiger partial charge on any atom is -0.489 e. The van der Waals surface area contributed by atoms with E-state index in [4.69, 9.17) is 4.74 Å². The lowest BCUT2D eigenvalue weighted by Crippen LogP contribution is -2.38. The van der Waals surface area contributed by atoms with E-state index in [1.165, 1.54) is 6.07 Å². The van der Waals surface area contributed by atoms with Gasteiger partial charge in [0.25, 0.3) is 5.91 Å². The SMILES string of the molecule is Cc1cccc2c1N[C@H](c1cccc(OCc3ccccc3F)c1)NC2=O. The fraction of sp³-hybridized carbons (Fsp3) is 0.136. The predicted octanol–water partition coefficient (Wildman–Crippen LogP) is 4.57. The van der Waals surface area contributed by atoms with Gasteiger partial charge >= 0.3 is 0 Å². The molecule has 5 heteroatoms. The molecule has 136 valence electrons. The van der Waals surface area contributed by atoms with Gasteiger partial charge in [0.05, 0.1) is 11.3 Å². The van der Waals surface area contributed by atoms with Gasteiger partial charge in [0.15, 0.2) is 0 Å². The highest BCUT2D eigenvalue weighted by molar-refractivity contribution is 6.02. The molecule has 0 spiro atoms. The van der Waals surface area contributed by atoms with Crippen molar-refractivity contribution in [1.29, 1.82) is 0 Å². The molecule has 0 aromatic heterocycles.